The Bertz CT molecular complexity index is 747. The monoisotopic (exact) mass is 392 g/mol. The lowest BCUT2D eigenvalue weighted by molar-refractivity contribution is 0.0929. The molecule has 1 saturated heterocycles. The van der Waals surface area contributed by atoms with Gasteiger partial charge in [0.05, 0.1) is 4.90 Å². The fourth-order valence-electron chi connectivity index (χ4n) is 4.12. The number of hydrogen-bond acceptors (Lipinski definition) is 3. The molecule has 1 N–H and O–H groups in total. The lowest BCUT2D eigenvalue weighted by Crippen LogP contribution is -2.37. The highest BCUT2D eigenvalue weighted by Gasteiger charge is 2.27. The van der Waals surface area contributed by atoms with E-state index in [1.807, 2.05) is 6.92 Å². The zero-order valence-electron chi connectivity index (χ0n) is 16.4. The van der Waals surface area contributed by atoms with Crippen molar-refractivity contribution in [2.24, 2.45) is 0 Å². The summed E-state index contributed by atoms with van der Waals surface area (Å²) in [5.74, 6) is -0.145. The minimum absolute atomic E-state index is 0.145. The number of nitrogens with one attached hydrogen (secondary N) is 1. The minimum Gasteiger partial charge on any atom is -0.349 e. The van der Waals surface area contributed by atoms with Gasteiger partial charge in [-0.1, -0.05) is 44.6 Å². The van der Waals surface area contributed by atoms with Crippen LogP contribution in [0.3, 0.4) is 0 Å². The molecule has 0 unspecified atom stereocenters. The molecule has 0 radical (unpaired) electrons. The zero-order valence-corrected chi connectivity index (χ0v) is 17.2. The second-order valence-electron chi connectivity index (χ2n) is 7.96. The largest absolute Gasteiger partial charge is 0.349 e. The Kier molecular flexibility index (Phi) is 6.93. The molecular formula is C21H32N2O3S. The SMILES string of the molecule is Cc1ccc(S(=O)(=O)N2CCCCC2)cc1C(=O)NC1CCCCCCC1. The second kappa shape index (κ2) is 9.20. The van der Waals surface area contributed by atoms with Crippen molar-refractivity contribution in [1.82, 2.24) is 9.62 Å². The van der Waals surface area contributed by atoms with Crippen LogP contribution >= 0.6 is 0 Å². The maximum atomic E-state index is 12.9. The Labute approximate surface area is 163 Å². The van der Waals surface area contributed by atoms with Crippen LogP contribution in [-0.2, 0) is 10.0 Å². The molecule has 6 heteroatoms. The number of aryl methyl sites for hydroxylation is 1. The standard InChI is InChI=1S/C21H32N2O3S/c1-17-12-13-19(27(25,26)23-14-8-5-9-15-23)16-20(17)21(24)22-18-10-6-3-2-4-7-11-18/h12-13,16,18H,2-11,14-15H2,1H3,(H,22,24). The fraction of sp³-hybridized carbons (Fsp3) is 0.667. The normalized spacial score (nSPS) is 20.6. The molecule has 1 aromatic carbocycles. The van der Waals surface area contributed by atoms with Crippen molar-refractivity contribution < 1.29 is 13.2 Å². The van der Waals surface area contributed by atoms with Gasteiger partial charge in [-0.15, -0.1) is 0 Å². The third kappa shape index (κ3) is 5.11. The van der Waals surface area contributed by atoms with Crippen LogP contribution in [0.1, 0.15) is 80.1 Å². The summed E-state index contributed by atoms with van der Waals surface area (Å²) in [6, 6.07) is 5.15. The predicted octanol–water partition coefficient (Wildman–Crippen LogP) is 4.01. The Morgan fingerprint density at radius 2 is 1.56 bits per heavy atom. The van der Waals surface area contributed by atoms with Gasteiger partial charge in [-0.2, -0.15) is 4.31 Å². The quantitative estimate of drug-likeness (QED) is 0.842. The smallest absolute Gasteiger partial charge is 0.251 e. The average Bonchev–Trinajstić information content (AvgIpc) is 2.64. The van der Waals surface area contributed by atoms with E-state index in [0.717, 1.165) is 50.5 Å². The predicted molar refractivity (Wildman–Crippen MR) is 107 cm³/mol. The molecule has 27 heavy (non-hydrogen) atoms. The third-order valence-electron chi connectivity index (χ3n) is 5.85. The number of sulfonamides is 1. The van der Waals surface area contributed by atoms with Gasteiger partial charge in [0.15, 0.2) is 0 Å². The molecule has 1 saturated carbocycles. The van der Waals surface area contributed by atoms with Crippen LogP contribution in [0.15, 0.2) is 23.1 Å². The van der Waals surface area contributed by atoms with Gasteiger partial charge in [-0.05, 0) is 50.3 Å². The maximum absolute atomic E-state index is 12.9. The Morgan fingerprint density at radius 3 is 2.22 bits per heavy atom. The van der Waals surface area contributed by atoms with Crippen molar-refractivity contribution in [1.29, 1.82) is 0 Å². The second-order valence-corrected chi connectivity index (χ2v) is 9.89. The number of benzene rings is 1. The van der Waals surface area contributed by atoms with Crippen molar-refractivity contribution in [2.75, 3.05) is 13.1 Å². The molecule has 150 valence electrons. The molecule has 2 fully saturated rings. The fourth-order valence-corrected chi connectivity index (χ4v) is 5.67. The van der Waals surface area contributed by atoms with E-state index in [1.54, 1.807) is 22.5 Å². The average molecular weight is 393 g/mol. The van der Waals surface area contributed by atoms with Gasteiger partial charge in [0.2, 0.25) is 10.0 Å². The molecule has 1 aliphatic carbocycles. The van der Waals surface area contributed by atoms with Crippen molar-refractivity contribution in [3.8, 4) is 0 Å². The maximum Gasteiger partial charge on any atom is 0.251 e. The molecule has 1 amide bonds. The zero-order chi connectivity index (χ0) is 19.3. The topological polar surface area (TPSA) is 66.5 Å². The number of piperidine rings is 1. The number of carbonyl (C=O) groups is 1. The van der Waals surface area contributed by atoms with Crippen LogP contribution < -0.4 is 5.32 Å². The van der Waals surface area contributed by atoms with Crippen LogP contribution in [0.25, 0.3) is 0 Å². The van der Waals surface area contributed by atoms with Crippen molar-refractivity contribution in [2.45, 2.75) is 82.1 Å². The van der Waals surface area contributed by atoms with Crippen molar-refractivity contribution >= 4 is 15.9 Å². The summed E-state index contributed by atoms with van der Waals surface area (Å²) in [6.45, 7) is 3.00. The Morgan fingerprint density at radius 1 is 0.963 bits per heavy atom. The molecule has 0 aromatic heterocycles. The minimum atomic E-state index is -3.53. The number of nitrogens with zero attached hydrogens (tertiary/aromatic N) is 1. The highest BCUT2D eigenvalue weighted by Crippen LogP contribution is 2.23. The summed E-state index contributed by atoms with van der Waals surface area (Å²) in [6.07, 6.45) is 10.9. The van der Waals surface area contributed by atoms with Crippen molar-refractivity contribution in [3.63, 3.8) is 0 Å². The van der Waals surface area contributed by atoms with Gasteiger partial charge < -0.3 is 5.32 Å². The van der Waals surface area contributed by atoms with Gasteiger partial charge in [0, 0.05) is 24.7 Å². The lowest BCUT2D eigenvalue weighted by atomic mass is 9.96. The van der Waals surface area contributed by atoms with E-state index in [4.69, 9.17) is 0 Å². The summed E-state index contributed by atoms with van der Waals surface area (Å²) < 4.78 is 27.4. The molecule has 1 heterocycles. The third-order valence-corrected chi connectivity index (χ3v) is 7.74. The molecule has 2 aliphatic rings. The summed E-state index contributed by atoms with van der Waals surface area (Å²) in [7, 11) is -3.53. The number of hydrogen-bond donors (Lipinski definition) is 1. The van der Waals surface area contributed by atoms with Crippen LogP contribution in [0.5, 0.6) is 0 Å². The first-order valence-electron chi connectivity index (χ1n) is 10.4. The van der Waals surface area contributed by atoms with Gasteiger partial charge >= 0.3 is 0 Å². The van der Waals surface area contributed by atoms with Crippen molar-refractivity contribution in [3.05, 3.63) is 29.3 Å². The van der Waals surface area contributed by atoms with E-state index in [2.05, 4.69) is 5.32 Å². The molecule has 1 aromatic rings. The van der Waals surface area contributed by atoms with Gasteiger partial charge in [-0.25, -0.2) is 8.42 Å². The first-order valence-corrected chi connectivity index (χ1v) is 11.8. The van der Waals surface area contributed by atoms with E-state index in [0.29, 0.717) is 18.7 Å². The Hall–Kier alpha value is -1.40. The number of carbonyl (C=O) groups excluding carboxylic acids is 1. The van der Waals surface area contributed by atoms with Crippen LogP contribution in [-0.4, -0.2) is 37.8 Å². The van der Waals surface area contributed by atoms with Crippen LogP contribution in [0.2, 0.25) is 0 Å². The Balaban J connectivity index is 1.77. The van der Waals surface area contributed by atoms with Crippen LogP contribution in [0, 0.1) is 6.92 Å². The number of rotatable bonds is 4. The summed E-state index contributed by atoms with van der Waals surface area (Å²) in [5.41, 5.74) is 1.30. The molecule has 0 atom stereocenters. The first kappa shape index (κ1) is 20.3. The molecule has 5 nitrogen and oxygen atoms in total. The van der Waals surface area contributed by atoms with Gasteiger partial charge in [-0.3, -0.25) is 4.79 Å². The molecule has 3 rings (SSSR count). The van der Waals surface area contributed by atoms with E-state index in [9.17, 15) is 13.2 Å². The summed E-state index contributed by atoms with van der Waals surface area (Å²) >= 11 is 0. The van der Waals surface area contributed by atoms with E-state index >= 15 is 0 Å². The highest BCUT2D eigenvalue weighted by atomic mass is 32.2. The number of amides is 1. The van der Waals surface area contributed by atoms with E-state index in [-0.39, 0.29) is 16.8 Å². The summed E-state index contributed by atoms with van der Waals surface area (Å²) in [4.78, 5) is 13.1. The van der Waals surface area contributed by atoms with Crippen LogP contribution in [0.4, 0.5) is 0 Å². The molecule has 0 spiro atoms. The molecular weight excluding hydrogens is 360 g/mol. The van der Waals surface area contributed by atoms with E-state index in [1.165, 1.54) is 19.3 Å². The molecule has 1 aliphatic heterocycles. The van der Waals surface area contributed by atoms with E-state index < -0.39 is 10.0 Å². The first-order chi connectivity index (χ1) is 13.0. The molecule has 0 bridgehead atoms. The summed E-state index contributed by atoms with van der Waals surface area (Å²) in [5, 5.41) is 3.15. The van der Waals surface area contributed by atoms with Gasteiger partial charge in [0.25, 0.3) is 5.91 Å². The highest BCUT2D eigenvalue weighted by molar-refractivity contribution is 7.89. The van der Waals surface area contributed by atoms with Gasteiger partial charge in [0.1, 0.15) is 0 Å². The lowest BCUT2D eigenvalue weighted by Gasteiger charge is -2.26.